The van der Waals surface area contributed by atoms with Gasteiger partial charge in [0.1, 0.15) is 29.2 Å². The molecule has 3 heterocycles. The van der Waals surface area contributed by atoms with E-state index in [-0.39, 0.29) is 0 Å². The first-order valence-electron chi connectivity index (χ1n) is 11.5. The van der Waals surface area contributed by atoms with Gasteiger partial charge in [-0.3, -0.25) is 4.98 Å². The Kier molecular flexibility index (Phi) is 6.67. The van der Waals surface area contributed by atoms with Gasteiger partial charge in [0.2, 0.25) is 0 Å². The summed E-state index contributed by atoms with van der Waals surface area (Å²) in [5, 5.41) is 28.4. The number of nitrogens with zero attached hydrogens (tertiary/aromatic N) is 6. The van der Waals surface area contributed by atoms with Crippen molar-refractivity contribution in [2.24, 2.45) is 0 Å². The summed E-state index contributed by atoms with van der Waals surface area (Å²) < 4.78 is 7.38. The number of pyridine rings is 1. The van der Waals surface area contributed by atoms with E-state index in [0.717, 1.165) is 11.1 Å². The maximum absolute atomic E-state index is 9.98. The molecule has 0 amide bonds. The van der Waals surface area contributed by atoms with E-state index >= 15 is 0 Å². The number of nitrogens with one attached hydrogen (secondary N) is 1. The second-order valence-electron chi connectivity index (χ2n) is 8.11. The van der Waals surface area contributed by atoms with E-state index in [0.29, 0.717) is 63.5 Å². The van der Waals surface area contributed by atoms with Gasteiger partial charge in [0.05, 0.1) is 17.0 Å². The van der Waals surface area contributed by atoms with Gasteiger partial charge in [-0.2, -0.15) is 10.5 Å². The van der Waals surface area contributed by atoms with Gasteiger partial charge in [0, 0.05) is 29.5 Å². The number of aryl methyl sites for hydroxylation is 1. The summed E-state index contributed by atoms with van der Waals surface area (Å²) in [4.78, 5) is 8.62. The number of nitriles is 2. The molecule has 5 rings (SSSR count). The third kappa shape index (κ3) is 4.79. The Balaban J connectivity index is 1.48. The van der Waals surface area contributed by atoms with Crippen molar-refractivity contribution in [3.05, 3.63) is 100 Å². The number of ether oxygens (including phenoxy) is 1. The van der Waals surface area contributed by atoms with E-state index in [4.69, 9.17) is 16.3 Å². The standard InChI is InChI=1S/C28H20ClN7O/c1-2-25-23(15-30)26(19-5-7-20(29)8-6-19)36-28(34-25)24(16-31)27(35-36)33-17-18-3-9-21(10-4-18)37-22-11-13-32-14-12-22/h3-14H,2,17H2,1H3,(H,33,35). The van der Waals surface area contributed by atoms with Gasteiger partial charge < -0.3 is 10.1 Å². The van der Waals surface area contributed by atoms with E-state index in [1.165, 1.54) is 0 Å². The monoisotopic (exact) mass is 505 g/mol. The Morgan fingerprint density at radius 3 is 2.24 bits per heavy atom. The van der Waals surface area contributed by atoms with Crippen LogP contribution in [0.3, 0.4) is 0 Å². The van der Waals surface area contributed by atoms with Crippen LogP contribution >= 0.6 is 11.6 Å². The van der Waals surface area contributed by atoms with Crippen LogP contribution in [0.4, 0.5) is 5.82 Å². The van der Waals surface area contributed by atoms with Gasteiger partial charge in [-0.05, 0) is 48.4 Å². The van der Waals surface area contributed by atoms with Crippen molar-refractivity contribution in [3.63, 3.8) is 0 Å². The Hall–Kier alpha value is -4.92. The zero-order chi connectivity index (χ0) is 25.8. The molecule has 0 bridgehead atoms. The van der Waals surface area contributed by atoms with Gasteiger partial charge in [-0.25, -0.2) is 9.50 Å². The quantitative estimate of drug-likeness (QED) is 0.282. The number of hydrogen-bond acceptors (Lipinski definition) is 7. The highest BCUT2D eigenvalue weighted by Gasteiger charge is 2.22. The molecule has 180 valence electrons. The number of hydrogen-bond donors (Lipinski definition) is 1. The van der Waals surface area contributed by atoms with Crippen molar-refractivity contribution in [2.45, 2.75) is 19.9 Å². The van der Waals surface area contributed by atoms with Crippen molar-refractivity contribution < 1.29 is 4.74 Å². The fourth-order valence-corrected chi connectivity index (χ4v) is 4.10. The Labute approximate surface area is 218 Å². The van der Waals surface area contributed by atoms with Crippen LogP contribution in [0, 0.1) is 22.7 Å². The highest BCUT2D eigenvalue weighted by atomic mass is 35.5. The van der Waals surface area contributed by atoms with Crippen LogP contribution < -0.4 is 10.1 Å². The molecule has 8 nitrogen and oxygen atoms in total. The number of rotatable bonds is 7. The first-order valence-corrected chi connectivity index (χ1v) is 11.9. The number of fused-ring (bicyclic) bond motifs is 1. The summed E-state index contributed by atoms with van der Waals surface area (Å²) in [5.74, 6) is 1.80. The van der Waals surface area contributed by atoms with E-state index in [9.17, 15) is 10.5 Å². The van der Waals surface area contributed by atoms with E-state index < -0.39 is 0 Å². The third-order valence-electron chi connectivity index (χ3n) is 5.78. The van der Waals surface area contributed by atoms with Crippen LogP contribution in [0.25, 0.3) is 16.9 Å². The minimum atomic E-state index is 0.312. The zero-order valence-corrected chi connectivity index (χ0v) is 20.6. The second-order valence-corrected chi connectivity index (χ2v) is 8.54. The molecule has 9 heteroatoms. The summed E-state index contributed by atoms with van der Waals surface area (Å²) in [6.45, 7) is 2.35. The zero-order valence-electron chi connectivity index (χ0n) is 19.8. The number of halogens is 1. The maximum Gasteiger partial charge on any atom is 0.176 e. The molecule has 0 saturated heterocycles. The molecular formula is C28H20ClN7O. The lowest BCUT2D eigenvalue weighted by Gasteiger charge is -2.10. The van der Waals surface area contributed by atoms with Crippen molar-refractivity contribution >= 4 is 23.1 Å². The highest BCUT2D eigenvalue weighted by molar-refractivity contribution is 6.30. The molecule has 0 saturated carbocycles. The molecule has 0 radical (unpaired) electrons. The van der Waals surface area contributed by atoms with Crippen molar-refractivity contribution in [1.82, 2.24) is 19.6 Å². The lowest BCUT2D eigenvalue weighted by Crippen LogP contribution is -2.05. The average molecular weight is 506 g/mol. The number of aromatic nitrogens is 4. The summed E-state index contributed by atoms with van der Waals surface area (Å²) in [5.41, 5.74) is 4.03. The van der Waals surface area contributed by atoms with Crippen molar-refractivity contribution in [1.29, 1.82) is 10.5 Å². The predicted octanol–water partition coefficient (Wildman–Crippen LogP) is 6.15. The molecule has 2 aromatic carbocycles. The summed E-state index contributed by atoms with van der Waals surface area (Å²) in [6, 6.07) is 22.9. The largest absolute Gasteiger partial charge is 0.457 e. The first-order chi connectivity index (χ1) is 18.1. The van der Waals surface area contributed by atoms with Crippen LogP contribution in [-0.4, -0.2) is 19.6 Å². The Morgan fingerprint density at radius 2 is 1.59 bits per heavy atom. The Morgan fingerprint density at radius 1 is 0.919 bits per heavy atom. The lowest BCUT2D eigenvalue weighted by molar-refractivity contribution is 0.482. The summed E-state index contributed by atoms with van der Waals surface area (Å²) in [7, 11) is 0. The van der Waals surface area contributed by atoms with Gasteiger partial charge >= 0.3 is 0 Å². The summed E-state index contributed by atoms with van der Waals surface area (Å²) >= 11 is 6.09. The van der Waals surface area contributed by atoms with Gasteiger partial charge in [0.15, 0.2) is 11.5 Å². The molecule has 1 N–H and O–H groups in total. The lowest BCUT2D eigenvalue weighted by atomic mass is 10.0. The second kappa shape index (κ2) is 10.4. The van der Waals surface area contributed by atoms with Crippen LogP contribution in [0.1, 0.15) is 29.3 Å². The Bertz CT molecular complexity index is 1650. The molecule has 0 unspecified atom stereocenters. The minimum Gasteiger partial charge on any atom is -0.457 e. The average Bonchev–Trinajstić information content (AvgIpc) is 3.29. The first kappa shape index (κ1) is 23.8. The van der Waals surface area contributed by atoms with Crippen molar-refractivity contribution in [3.8, 4) is 34.9 Å². The van der Waals surface area contributed by atoms with Crippen LogP contribution in [0.5, 0.6) is 11.5 Å². The van der Waals surface area contributed by atoms with E-state index in [1.807, 2.05) is 43.3 Å². The molecule has 37 heavy (non-hydrogen) atoms. The van der Waals surface area contributed by atoms with Gasteiger partial charge in [-0.1, -0.05) is 42.8 Å². The maximum atomic E-state index is 9.98. The fraction of sp³-hybridized carbons (Fsp3) is 0.107. The SMILES string of the molecule is CCc1nc2c(C#N)c(NCc3ccc(Oc4ccncc4)cc3)nn2c(-c2ccc(Cl)cc2)c1C#N. The predicted molar refractivity (Wildman–Crippen MR) is 140 cm³/mol. The fourth-order valence-electron chi connectivity index (χ4n) is 3.97. The third-order valence-corrected chi connectivity index (χ3v) is 6.04. The van der Waals surface area contributed by atoms with Crippen LogP contribution in [-0.2, 0) is 13.0 Å². The molecular weight excluding hydrogens is 486 g/mol. The minimum absolute atomic E-state index is 0.312. The van der Waals surface area contributed by atoms with Crippen LogP contribution in [0.2, 0.25) is 5.02 Å². The van der Waals surface area contributed by atoms with Crippen molar-refractivity contribution in [2.75, 3.05) is 5.32 Å². The molecule has 0 fully saturated rings. The van der Waals surface area contributed by atoms with Crippen LogP contribution in [0.15, 0.2) is 73.1 Å². The molecule has 0 atom stereocenters. The smallest absolute Gasteiger partial charge is 0.176 e. The molecule has 0 aliphatic heterocycles. The van der Waals surface area contributed by atoms with Gasteiger partial charge in [0.25, 0.3) is 0 Å². The molecule has 0 aliphatic rings. The molecule has 0 spiro atoms. The molecule has 5 aromatic rings. The normalized spacial score (nSPS) is 10.6. The number of anilines is 1. The summed E-state index contributed by atoms with van der Waals surface area (Å²) in [6.07, 6.45) is 3.88. The topological polar surface area (TPSA) is 112 Å². The van der Waals surface area contributed by atoms with Gasteiger partial charge in [-0.15, -0.1) is 5.10 Å². The van der Waals surface area contributed by atoms with E-state index in [1.54, 1.807) is 41.2 Å². The number of benzene rings is 2. The highest BCUT2D eigenvalue weighted by Crippen LogP contribution is 2.31. The molecule has 3 aromatic heterocycles. The van der Waals surface area contributed by atoms with E-state index in [2.05, 4.69) is 32.5 Å². The molecule has 0 aliphatic carbocycles.